The van der Waals surface area contributed by atoms with E-state index >= 15 is 0 Å². The molecule has 134 valence electrons. The largest absolute Gasteiger partial charge is 0.434 e. The molecule has 2 heterocycles. The fraction of sp³-hybridized carbons (Fsp3) is 0.353. The van der Waals surface area contributed by atoms with Crippen LogP contribution in [0.4, 0.5) is 8.78 Å². The van der Waals surface area contributed by atoms with Crippen LogP contribution in [0.5, 0.6) is 5.75 Å². The Morgan fingerprint density at radius 3 is 2.56 bits per heavy atom. The molecule has 1 fully saturated rings. The number of nitrogens with zero attached hydrogens (tertiary/aromatic N) is 2. The molecule has 25 heavy (non-hydrogen) atoms. The zero-order valence-corrected chi connectivity index (χ0v) is 15.7. The number of amides is 1. The van der Waals surface area contributed by atoms with Crippen LogP contribution in [-0.4, -0.2) is 48.5 Å². The van der Waals surface area contributed by atoms with Gasteiger partial charge >= 0.3 is 6.61 Å². The summed E-state index contributed by atoms with van der Waals surface area (Å²) < 4.78 is 30.6. The fourth-order valence-corrected chi connectivity index (χ4v) is 4.28. The lowest BCUT2D eigenvalue weighted by Crippen LogP contribution is -2.48. The van der Waals surface area contributed by atoms with Gasteiger partial charge in [0.05, 0.1) is 5.56 Å². The molecule has 2 aromatic rings. The molecule has 0 saturated carbocycles. The van der Waals surface area contributed by atoms with Crippen molar-refractivity contribution < 1.29 is 18.3 Å². The Bertz CT molecular complexity index is 733. The molecule has 0 aliphatic carbocycles. The first-order valence-electron chi connectivity index (χ1n) is 7.82. The molecule has 0 N–H and O–H groups in total. The molecule has 1 aromatic carbocycles. The van der Waals surface area contributed by atoms with E-state index in [1.165, 1.54) is 17.0 Å². The lowest BCUT2D eigenvalue weighted by Gasteiger charge is -2.34. The number of rotatable bonds is 5. The first-order chi connectivity index (χ1) is 12.0. The standard InChI is InChI=1S/C17H17BrF2N2O2S/c18-13-5-10-25-15(13)11-21-6-8-22(9-7-21)16(23)12-3-1-2-4-14(12)24-17(19)20/h1-5,10,17H,6-9,11H2. The van der Waals surface area contributed by atoms with Gasteiger partial charge in [-0.05, 0) is 39.5 Å². The van der Waals surface area contributed by atoms with E-state index in [4.69, 9.17) is 0 Å². The predicted molar refractivity (Wildman–Crippen MR) is 96.3 cm³/mol. The average Bonchev–Trinajstić information content (AvgIpc) is 3.00. The summed E-state index contributed by atoms with van der Waals surface area (Å²) in [5, 5.41) is 2.04. The molecule has 1 saturated heterocycles. The number of para-hydroxylation sites is 1. The number of hydrogen-bond donors (Lipinski definition) is 0. The van der Waals surface area contributed by atoms with Gasteiger partial charge < -0.3 is 9.64 Å². The van der Waals surface area contributed by atoms with Crippen molar-refractivity contribution in [1.29, 1.82) is 0 Å². The number of carbonyl (C=O) groups excluding carboxylic acids is 1. The second-order valence-electron chi connectivity index (χ2n) is 5.63. The number of benzene rings is 1. The second kappa shape index (κ2) is 8.25. The topological polar surface area (TPSA) is 32.8 Å². The number of thiophene rings is 1. The molecule has 0 spiro atoms. The van der Waals surface area contributed by atoms with Gasteiger partial charge in [-0.1, -0.05) is 12.1 Å². The molecule has 1 aliphatic rings. The zero-order chi connectivity index (χ0) is 17.8. The van der Waals surface area contributed by atoms with Gasteiger partial charge in [0.15, 0.2) is 0 Å². The van der Waals surface area contributed by atoms with E-state index in [9.17, 15) is 13.6 Å². The summed E-state index contributed by atoms with van der Waals surface area (Å²) in [5.74, 6) is -0.347. The van der Waals surface area contributed by atoms with Crippen LogP contribution < -0.4 is 4.74 Å². The lowest BCUT2D eigenvalue weighted by molar-refractivity contribution is -0.0503. The van der Waals surface area contributed by atoms with Crippen LogP contribution >= 0.6 is 27.3 Å². The maximum atomic E-state index is 12.7. The SMILES string of the molecule is O=C(c1ccccc1OC(F)F)N1CCN(Cc2sccc2Br)CC1. The Morgan fingerprint density at radius 1 is 1.20 bits per heavy atom. The smallest absolute Gasteiger partial charge is 0.387 e. The highest BCUT2D eigenvalue weighted by molar-refractivity contribution is 9.10. The number of alkyl halides is 2. The summed E-state index contributed by atoms with van der Waals surface area (Å²) in [5.41, 5.74) is 0.178. The Morgan fingerprint density at radius 2 is 1.92 bits per heavy atom. The maximum Gasteiger partial charge on any atom is 0.387 e. The highest BCUT2D eigenvalue weighted by Crippen LogP contribution is 2.25. The van der Waals surface area contributed by atoms with Crippen molar-refractivity contribution in [2.75, 3.05) is 26.2 Å². The summed E-state index contributed by atoms with van der Waals surface area (Å²) in [4.78, 5) is 17.9. The molecular formula is C17H17BrF2N2O2S. The first kappa shape index (κ1) is 18.3. The third-order valence-electron chi connectivity index (χ3n) is 4.05. The van der Waals surface area contributed by atoms with E-state index in [0.29, 0.717) is 13.1 Å². The van der Waals surface area contributed by atoms with Gasteiger partial charge in [0, 0.05) is 42.1 Å². The zero-order valence-electron chi connectivity index (χ0n) is 13.3. The highest BCUT2D eigenvalue weighted by Gasteiger charge is 2.25. The van der Waals surface area contributed by atoms with Gasteiger partial charge in [-0.2, -0.15) is 8.78 Å². The molecule has 1 aromatic heterocycles. The number of halogens is 3. The van der Waals surface area contributed by atoms with Crippen molar-refractivity contribution in [2.24, 2.45) is 0 Å². The average molecular weight is 431 g/mol. The summed E-state index contributed by atoms with van der Waals surface area (Å²) in [7, 11) is 0. The molecule has 0 bridgehead atoms. The number of piperazine rings is 1. The van der Waals surface area contributed by atoms with Crippen molar-refractivity contribution in [3.8, 4) is 5.75 Å². The highest BCUT2D eigenvalue weighted by atomic mass is 79.9. The molecule has 3 rings (SSSR count). The van der Waals surface area contributed by atoms with Crippen molar-refractivity contribution in [1.82, 2.24) is 9.80 Å². The second-order valence-corrected chi connectivity index (χ2v) is 7.49. The Labute approximate surface area is 157 Å². The quantitative estimate of drug-likeness (QED) is 0.716. The Hall–Kier alpha value is -1.51. The van der Waals surface area contributed by atoms with Crippen molar-refractivity contribution in [2.45, 2.75) is 13.2 Å². The van der Waals surface area contributed by atoms with E-state index in [1.54, 1.807) is 28.4 Å². The van der Waals surface area contributed by atoms with Crippen molar-refractivity contribution in [3.05, 3.63) is 50.6 Å². The molecular weight excluding hydrogens is 414 g/mol. The maximum absolute atomic E-state index is 12.7. The van der Waals surface area contributed by atoms with E-state index in [-0.39, 0.29) is 17.2 Å². The first-order valence-corrected chi connectivity index (χ1v) is 9.49. The minimum Gasteiger partial charge on any atom is -0.434 e. The monoisotopic (exact) mass is 430 g/mol. The molecule has 8 heteroatoms. The van der Waals surface area contributed by atoms with E-state index in [1.807, 2.05) is 11.4 Å². The normalized spacial score (nSPS) is 15.6. The van der Waals surface area contributed by atoms with E-state index < -0.39 is 6.61 Å². The summed E-state index contributed by atoms with van der Waals surface area (Å²) in [6.07, 6.45) is 0. The van der Waals surface area contributed by atoms with E-state index in [2.05, 4.69) is 25.6 Å². The lowest BCUT2D eigenvalue weighted by atomic mass is 10.1. The molecule has 0 radical (unpaired) electrons. The van der Waals surface area contributed by atoms with Crippen LogP contribution in [0.1, 0.15) is 15.2 Å². The van der Waals surface area contributed by atoms with Gasteiger partial charge in [0.25, 0.3) is 5.91 Å². The third kappa shape index (κ3) is 4.56. The van der Waals surface area contributed by atoms with Crippen LogP contribution in [0, 0.1) is 0 Å². The van der Waals surface area contributed by atoms with Crippen molar-refractivity contribution >= 4 is 33.2 Å². The van der Waals surface area contributed by atoms with Gasteiger partial charge in [-0.25, -0.2) is 0 Å². The van der Waals surface area contributed by atoms with Gasteiger partial charge in [0.2, 0.25) is 0 Å². The van der Waals surface area contributed by atoms with Crippen LogP contribution in [0.3, 0.4) is 0 Å². The Kier molecular flexibility index (Phi) is 6.03. The summed E-state index contributed by atoms with van der Waals surface area (Å²) >= 11 is 5.23. The van der Waals surface area contributed by atoms with Crippen LogP contribution in [0.2, 0.25) is 0 Å². The minimum absolute atomic E-state index is 0.0764. The number of ether oxygens (including phenoxy) is 1. The van der Waals surface area contributed by atoms with Gasteiger partial charge in [-0.3, -0.25) is 9.69 Å². The third-order valence-corrected chi connectivity index (χ3v) is 5.96. The number of carbonyl (C=O) groups is 1. The number of hydrogen-bond acceptors (Lipinski definition) is 4. The molecule has 0 atom stereocenters. The summed E-state index contributed by atoms with van der Waals surface area (Å²) in [6, 6.07) is 8.17. The van der Waals surface area contributed by atoms with Gasteiger partial charge in [0.1, 0.15) is 5.75 Å². The van der Waals surface area contributed by atoms with Gasteiger partial charge in [-0.15, -0.1) is 11.3 Å². The summed E-state index contributed by atoms with van der Waals surface area (Å²) in [6.45, 7) is 0.498. The molecule has 1 aliphatic heterocycles. The molecule has 4 nitrogen and oxygen atoms in total. The molecule has 0 unspecified atom stereocenters. The van der Waals surface area contributed by atoms with E-state index in [0.717, 1.165) is 24.1 Å². The Balaban J connectivity index is 1.61. The van der Waals surface area contributed by atoms with Crippen LogP contribution in [0.15, 0.2) is 40.2 Å². The van der Waals surface area contributed by atoms with Crippen LogP contribution in [-0.2, 0) is 6.54 Å². The fourth-order valence-electron chi connectivity index (χ4n) is 2.76. The van der Waals surface area contributed by atoms with Crippen molar-refractivity contribution in [3.63, 3.8) is 0 Å². The minimum atomic E-state index is -2.95. The molecule has 1 amide bonds. The predicted octanol–water partition coefficient (Wildman–Crippen LogP) is 4.07. The van der Waals surface area contributed by atoms with Crippen LogP contribution in [0.25, 0.3) is 0 Å².